The predicted octanol–water partition coefficient (Wildman–Crippen LogP) is 5.19. The molecule has 0 aliphatic heterocycles. The van der Waals surface area contributed by atoms with Crippen LogP contribution in [-0.4, -0.2) is 55.3 Å². The second-order valence-electron chi connectivity index (χ2n) is 6.84. The van der Waals surface area contributed by atoms with Gasteiger partial charge in [0.2, 0.25) is 5.91 Å². The van der Waals surface area contributed by atoms with Crippen molar-refractivity contribution in [1.82, 2.24) is 9.88 Å². The Balaban J connectivity index is 0.00000320. The van der Waals surface area contributed by atoms with Crippen molar-refractivity contribution in [3.8, 4) is 5.75 Å². The smallest absolute Gasteiger partial charge is 0.239 e. The van der Waals surface area contributed by atoms with E-state index in [0.717, 1.165) is 39.0 Å². The van der Waals surface area contributed by atoms with Crippen LogP contribution in [0.15, 0.2) is 53.4 Å². The maximum absolute atomic E-state index is 13.1. The summed E-state index contributed by atoms with van der Waals surface area (Å²) in [6.45, 7) is 4.12. The number of aromatic nitrogens is 1. The molecule has 1 heterocycles. The number of rotatable bonds is 10. The average Bonchev–Trinajstić information content (AvgIpc) is 3.15. The minimum absolute atomic E-state index is 0. The Bertz CT molecular complexity index is 935. The van der Waals surface area contributed by atoms with E-state index < -0.39 is 0 Å². The topological polar surface area (TPSA) is 45.7 Å². The number of benzene rings is 2. The van der Waals surface area contributed by atoms with Crippen LogP contribution in [0.5, 0.6) is 5.75 Å². The van der Waals surface area contributed by atoms with Gasteiger partial charge >= 0.3 is 0 Å². The first kappa shape index (κ1) is 24.5. The van der Waals surface area contributed by atoms with Crippen LogP contribution in [0.2, 0.25) is 0 Å². The molecule has 3 rings (SSSR count). The first-order chi connectivity index (χ1) is 14.1. The lowest BCUT2D eigenvalue weighted by Gasteiger charge is -2.21. The second-order valence-corrected chi connectivity index (χ2v) is 8.89. The van der Waals surface area contributed by atoms with Crippen LogP contribution in [-0.2, 0) is 4.79 Å². The number of thiazole rings is 1. The van der Waals surface area contributed by atoms with Crippen LogP contribution in [0.4, 0.5) is 5.13 Å². The van der Waals surface area contributed by atoms with Gasteiger partial charge in [0.05, 0.1) is 17.1 Å². The molecule has 0 fully saturated rings. The highest BCUT2D eigenvalue weighted by molar-refractivity contribution is 8.00. The van der Waals surface area contributed by atoms with E-state index in [2.05, 4.69) is 4.90 Å². The number of fused-ring (bicyclic) bond motifs is 1. The van der Waals surface area contributed by atoms with Gasteiger partial charge in [0.1, 0.15) is 11.3 Å². The summed E-state index contributed by atoms with van der Waals surface area (Å²) in [5, 5.41) is 0.740. The van der Waals surface area contributed by atoms with E-state index in [1.54, 1.807) is 23.1 Å². The van der Waals surface area contributed by atoms with Gasteiger partial charge in [-0.2, -0.15) is 0 Å². The standard InChI is InChI=1S/C22H27N3O2S2.ClH/c1-4-27-18-12-8-13-19-21(18)23-22(29-19)25(15-9-14-24(2)3)20(26)16-28-17-10-6-5-7-11-17;/h5-8,10-13H,4,9,14-16H2,1-3H3;1H. The molecular weight excluding hydrogens is 438 g/mol. The maximum atomic E-state index is 13.1. The van der Waals surface area contributed by atoms with Crippen molar-refractivity contribution in [3.63, 3.8) is 0 Å². The van der Waals surface area contributed by atoms with Gasteiger partial charge < -0.3 is 9.64 Å². The molecule has 5 nitrogen and oxygen atoms in total. The Morgan fingerprint density at radius 3 is 2.57 bits per heavy atom. The summed E-state index contributed by atoms with van der Waals surface area (Å²) >= 11 is 3.11. The molecule has 0 saturated heterocycles. The molecule has 2 aromatic carbocycles. The Labute approximate surface area is 192 Å². The monoisotopic (exact) mass is 465 g/mol. The first-order valence-corrected chi connectivity index (χ1v) is 11.5. The number of ether oxygens (including phenoxy) is 1. The van der Waals surface area contributed by atoms with Gasteiger partial charge in [0, 0.05) is 11.4 Å². The minimum Gasteiger partial charge on any atom is -0.492 e. The van der Waals surface area contributed by atoms with Crippen LogP contribution in [0.1, 0.15) is 13.3 Å². The molecule has 0 saturated carbocycles. The van der Waals surface area contributed by atoms with Gasteiger partial charge in [0.15, 0.2) is 5.13 Å². The molecule has 162 valence electrons. The number of thioether (sulfide) groups is 1. The molecule has 0 N–H and O–H groups in total. The van der Waals surface area contributed by atoms with Crippen molar-refractivity contribution in [3.05, 3.63) is 48.5 Å². The number of nitrogens with zero attached hydrogens (tertiary/aromatic N) is 3. The van der Waals surface area contributed by atoms with E-state index in [1.807, 2.05) is 74.4 Å². The quantitative estimate of drug-likeness (QED) is 0.385. The largest absolute Gasteiger partial charge is 0.492 e. The lowest BCUT2D eigenvalue weighted by atomic mass is 10.3. The van der Waals surface area contributed by atoms with Crippen LogP contribution in [0.25, 0.3) is 10.2 Å². The van der Waals surface area contributed by atoms with Gasteiger partial charge in [-0.05, 0) is 58.3 Å². The fourth-order valence-corrected chi connectivity index (χ4v) is 4.73. The fraction of sp³-hybridized carbons (Fsp3) is 0.364. The Kier molecular flexibility index (Phi) is 9.91. The van der Waals surface area contributed by atoms with E-state index in [4.69, 9.17) is 9.72 Å². The fourth-order valence-electron chi connectivity index (χ4n) is 2.91. The summed E-state index contributed by atoms with van der Waals surface area (Å²) in [4.78, 5) is 22.9. The van der Waals surface area contributed by atoms with E-state index in [0.29, 0.717) is 18.9 Å². The highest BCUT2D eigenvalue weighted by atomic mass is 35.5. The third-order valence-electron chi connectivity index (χ3n) is 4.30. The molecule has 0 atom stereocenters. The highest BCUT2D eigenvalue weighted by Crippen LogP contribution is 2.34. The predicted molar refractivity (Wildman–Crippen MR) is 131 cm³/mol. The Morgan fingerprint density at radius 2 is 1.87 bits per heavy atom. The van der Waals surface area contributed by atoms with Gasteiger partial charge in [-0.3, -0.25) is 9.69 Å². The number of anilines is 1. The number of halogens is 1. The van der Waals surface area contributed by atoms with Crippen molar-refractivity contribution in [2.75, 3.05) is 44.4 Å². The van der Waals surface area contributed by atoms with Crippen LogP contribution in [0.3, 0.4) is 0 Å². The van der Waals surface area contributed by atoms with Gasteiger partial charge in [-0.25, -0.2) is 4.98 Å². The Morgan fingerprint density at radius 1 is 1.10 bits per heavy atom. The molecule has 8 heteroatoms. The summed E-state index contributed by atoms with van der Waals surface area (Å²) in [7, 11) is 4.09. The molecule has 0 unspecified atom stereocenters. The van der Waals surface area contributed by atoms with Gasteiger partial charge in [0.25, 0.3) is 0 Å². The van der Waals surface area contributed by atoms with E-state index in [1.165, 1.54) is 0 Å². The van der Waals surface area contributed by atoms with E-state index >= 15 is 0 Å². The molecule has 30 heavy (non-hydrogen) atoms. The third-order valence-corrected chi connectivity index (χ3v) is 6.34. The molecule has 1 aromatic heterocycles. The Hall–Kier alpha value is -1.80. The molecule has 0 radical (unpaired) electrons. The molecule has 3 aromatic rings. The molecule has 1 amide bonds. The van der Waals surface area contributed by atoms with Crippen molar-refractivity contribution < 1.29 is 9.53 Å². The first-order valence-electron chi connectivity index (χ1n) is 9.73. The van der Waals surface area contributed by atoms with Crippen molar-refractivity contribution in [1.29, 1.82) is 0 Å². The summed E-state index contributed by atoms with van der Waals surface area (Å²) in [5.41, 5.74) is 0.829. The molecule has 0 spiro atoms. The summed E-state index contributed by atoms with van der Waals surface area (Å²) in [6, 6.07) is 15.9. The van der Waals surface area contributed by atoms with Crippen LogP contribution < -0.4 is 9.64 Å². The SMILES string of the molecule is CCOc1cccc2sc(N(CCCN(C)C)C(=O)CSc3ccccc3)nc12.Cl. The summed E-state index contributed by atoms with van der Waals surface area (Å²) in [6.07, 6.45) is 0.892. The van der Waals surface area contributed by atoms with Crippen LogP contribution >= 0.6 is 35.5 Å². The summed E-state index contributed by atoms with van der Waals surface area (Å²) < 4.78 is 6.75. The zero-order valence-electron chi connectivity index (χ0n) is 17.5. The zero-order chi connectivity index (χ0) is 20.6. The number of carbonyl (C=O) groups is 1. The molecule has 0 aliphatic carbocycles. The lowest BCUT2D eigenvalue weighted by Crippen LogP contribution is -2.34. The number of hydrogen-bond donors (Lipinski definition) is 0. The number of amides is 1. The second kappa shape index (κ2) is 12.2. The van der Waals surface area contributed by atoms with E-state index in [9.17, 15) is 4.79 Å². The molecular formula is C22H28ClN3O2S2. The van der Waals surface area contributed by atoms with Crippen molar-refractivity contribution >= 4 is 56.8 Å². The number of para-hydroxylation sites is 1. The number of carbonyl (C=O) groups excluding carboxylic acids is 1. The van der Waals surface area contributed by atoms with Crippen molar-refractivity contribution in [2.24, 2.45) is 0 Å². The lowest BCUT2D eigenvalue weighted by molar-refractivity contribution is -0.116. The minimum atomic E-state index is 0. The maximum Gasteiger partial charge on any atom is 0.239 e. The highest BCUT2D eigenvalue weighted by Gasteiger charge is 2.21. The van der Waals surface area contributed by atoms with Gasteiger partial charge in [-0.15, -0.1) is 24.2 Å². The van der Waals surface area contributed by atoms with E-state index in [-0.39, 0.29) is 18.3 Å². The average molecular weight is 466 g/mol. The molecule has 0 aliphatic rings. The van der Waals surface area contributed by atoms with Crippen molar-refractivity contribution in [2.45, 2.75) is 18.2 Å². The zero-order valence-corrected chi connectivity index (χ0v) is 20.0. The summed E-state index contributed by atoms with van der Waals surface area (Å²) in [5.74, 6) is 1.24. The third kappa shape index (κ3) is 6.60. The molecule has 0 bridgehead atoms. The van der Waals surface area contributed by atoms with Gasteiger partial charge in [-0.1, -0.05) is 35.6 Å². The van der Waals surface area contributed by atoms with Crippen LogP contribution in [0, 0.1) is 0 Å². The normalized spacial score (nSPS) is 10.8. The number of hydrogen-bond acceptors (Lipinski definition) is 6.